The molecule has 2 aliphatic rings. The van der Waals surface area contributed by atoms with E-state index in [0.717, 1.165) is 59.9 Å². The van der Waals surface area contributed by atoms with Crippen LogP contribution in [0.1, 0.15) is 38.3 Å². The highest BCUT2D eigenvalue weighted by Gasteiger charge is 2.30. The van der Waals surface area contributed by atoms with E-state index in [4.69, 9.17) is 15.5 Å². The fraction of sp³-hybridized carbons (Fsp3) is 0.455. The Hall–Kier alpha value is -2.25. The molecule has 0 saturated carbocycles. The number of hydrogen-bond donors (Lipinski definition) is 2. The lowest BCUT2D eigenvalue weighted by molar-refractivity contribution is 0.356. The van der Waals surface area contributed by atoms with E-state index in [1.807, 2.05) is 6.92 Å². The third-order valence-electron chi connectivity index (χ3n) is 4.79. The van der Waals surface area contributed by atoms with Crippen molar-refractivity contribution in [2.75, 3.05) is 19.7 Å². The molecule has 1 aromatic rings. The van der Waals surface area contributed by atoms with Gasteiger partial charge in [0, 0.05) is 35.8 Å². The SMILES string of the molecule is C=C/N=C1\C(=C(/C)N)N=C(Sc2cc3c(cc2C)CCO3)N1CCCNC(C)C. The Morgan fingerprint density at radius 2 is 2.28 bits per heavy atom. The van der Waals surface area contributed by atoms with E-state index in [-0.39, 0.29) is 0 Å². The van der Waals surface area contributed by atoms with Crippen molar-refractivity contribution in [2.45, 2.75) is 51.5 Å². The number of rotatable bonds is 7. The number of hydrogen-bond acceptors (Lipinski definition) is 6. The zero-order valence-electron chi connectivity index (χ0n) is 17.8. The van der Waals surface area contributed by atoms with Crippen molar-refractivity contribution in [2.24, 2.45) is 15.7 Å². The van der Waals surface area contributed by atoms with Gasteiger partial charge in [-0.3, -0.25) is 0 Å². The number of aliphatic imine (C=N–C) groups is 2. The first-order valence-corrected chi connectivity index (χ1v) is 10.9. The number of fused-ring (bicyclic) bond motifs is 1. The van der Waals surface area contributed by atoms with Crippen molar-refractivity contribution in [1.82, 2.24) is 10.2 Å². The van der Waals surface area contributed by atoms with Crippen molar-refractivity contribution in [1.29, 1.82) is 0 Å². The van der Waals surface area contributed by atoms with E-state index in [1.165, 1.54) is 11.1 Å². The molecule has 0 radical (unpaired) electrons. The first-order valence-electron chi connectivity index (χ1n) is 10.1. The van der Waals surface area contributed by atoms with Gasteiger partial charge in [0.25, 0.3) is 0 Å². The van der Waals surface area contributed by atoms with Crippen molar-refractivity contribution in [3.05, 3.63) is 47.4 Å². The zero-order chi connectivity index (χ0) is 21.0. The molecule has 0 amide bonds. The third-order valence-corrected chi connectivity index (χ3v) is 5.95. The second-order valence-electron chi connectivity index (χ2n) is 7.60. The van der Waals surface area contributed by atoms with Crippen LogP contribution in [0.15, 0.2) is 51.2 Å². The van der Waals surface area contributed by atoms with Crippen LogP contribution >= 0.6 is 11.8 Å². The van der Waals surface area contributed by atoms with E-state index in [2.05, 4.69) is 54.7 Å². The zero-order valence-corrected chi connectivity index (χ0v) is 18.6. The van der Waals surface area contributed by atoms with Gasteiger partial charge < -0.3 is 20.7 Å². The number of nitrogens with one attached hydrogen (secondary N) is 1. The topological polar surface area (TPSA) is 75.2 Å². The van der Waals surface area contributed by atoms with Crippen molar-refractivity contribution in [3.8, 4) is 5.75 Å². The number of allylic oxidation sites excluding steroid dienone is 1. The molecule has 2 aliphatic heterocycles. The van der Waals surface area contributed by atoms with Crippen LogP contribution in [-0.4, -0.2) is 41.6 Å². The molecule has 156 valence electrons. The Kier molecular flexibility index (Phi) is 7.03. The molecule has 0 saturated heterocycles. The summed E-state index contributed by atoms with van der Waals surface area (Å²) < 4.78 is 5.76. The predicted octanol–water partition coefficient (Wildman–Crippen LogP) is 3.81. The molecular weight excluding hydrogens is 382 g/mol. The standard InChI is InChI=1S/C22H31N5OS/c1-6-24-21-20(16(5)23)26-22(27(21)10-7-9-25-14(2)3)29-19-13-18-17(8-11-28-18)12-15(19)4/h6,12-14,25H,1,7-11,23H2,2-5H3/b20-16-,24-21+. The largest absolute Gasteiger partial charge is 0.493 e. The molecule has 0 atom stereocenters. The first kappa shape index (κ1) is 21.5. The lowest BCUT2D eigenvalue weighted by atomic mass is 10.1. The highest BCUT2D eigenvalue weighted by molar-refractivity contribution is 8.14. The second-order valence-corrected chi connectivity index (χ2v) is 8.61. The Labute approximate surface area is 178 Å². The minimum atomic E-state index is 0.466. The summed E-state index contributed by atoms with van der Waals surface area (Å²) in [5.41, 5.74) is 10.0. The summed E-state index contributed by atoms with van der Waals surface area (Å²) in [6.45, 7) is 14.6. The van der Waals surface area contributed by atoms with Crippen LogP contribution < -0.4 is 15.8 Å². The van der Waals surface area contributed by atoms with E-state index in [9.17, 15) is 0 Å². The number of amidine groups is 2. The molecule has 6 nitrogen and oxygen atoms in total. The fourth-order valence-electron chi connectivity index (χ4n) is 3.35. The van der Waals surface area contributed by atoms with Gasteiger partial charge in [-0.05, 0) is 44.0 Å². The van der Waals surface area contributed by atoms with E-state index in [1.54, 1.807) is 18.0 Å². The van der Waals surface area contributed by atoms with Gasteiger partial charge >= 0.3 is 0 Å². The molecule has 29 heavy (non-hydrogen) atoms. The van der Waals surface area contributed by atoms with E-state index >= 15 is 0 Å². The maximum absolute atomic E-state index is 6.12. The maximum atomic E-state index is 6.12. The first-order chi connectivity index (χ1) is 13.9. The molecule has 3 rings (SSSR count). The molecule has 0 bridgehead atoms. The van der Waals surface area contributed by atoms with Crippen molar-refractivity contribution < 1.29 is 4.74 Å². The van der Waals surface area contributed by atoms with Gasteiger partial charge in [0.15, 0.2) is 11.0 Å². The van der Waals surface area contributed by atoms with Gasteiger partial charge in [-0.15, -0.1) is 0 Å². The summed E-state index contributed by atoms with van der Waals surface area (Å²) >= 11 is 1.64. The smallest absolute Gasteiger partial charge is 0.175 e. The average molecular weight is 414 g/mol. The number of ether oxygens (including phenoxy) is 1. The van der Waals surface area contributed by atoms with Gasteiger partial charge in [-0.1, -0.05) is 38.3 Å². The fourth-order valence-corrected chi connectivity index (χ4v) is 4.36. The molecule has 0 unspecified atom stereocenters. The number of nitrogens with zero attached hydrogens (tertiary/aromatic N) is 3. The highest BCUT2D eigenvalue weighted by atomic mass is 32.2. The van der Waals surface area contributed by atoms with E-state index in [0.29, 0.717) is 11.7 Å². The highest BCUT2D eigenvalue weighted by Crippen LogP contribution is 2.36. The quantitative estimate of drug-likeness (QED) is 0.665. The summed E-state index contributed by atoms with van der Waals surface area (Å²) in [6.07, 6.45) is 3.50. The molecule has 0 aliphatic carbocycles. The van der Waals surface area contributed by atoms with Crippen LogP contribution in [0.2, 0.25) is 0 Å². The average Bonchev–Trinajstić information content (AvgIpc) is 3.24. The van der Waals surface area contributed by atoms with Crippen molar-refractivity contribution >= 4 is 22.8 Å². The van der Waals surface area contributed by atoms with Crippen LogP contribution in [0.3, 0.4) is 0 Å². The van der Waals surface area contributed by atoms with Gasteiger partial charge in [-0.2, -0.15) is 0 Å². The van der Waals surface area contributed by atoms with E-state index < -0.39 is 0 Å². The lowest BCUT2D eigenvalue weighted by Gasteiger charge is -2.21. The van der Waals surface area contributed by atoms with Crippen molar-refractivity contribution in [3.63, 3.8) is 0 Å². The number of benzene rings is 1. The maximum Gasteiger partial charge on any atom is 0.175 e. The number of thioether (sulfide) groups is 1. The molecular formula is C22H31N5OS. The van der Waals surface area contributed by atoms with Crippen LogP contribution in [0.25, 0.3) is 0 Å². The Morgan fingerprint density at radius 3 is 2.97 bits per heavy atom. The molecule has 0 spiro atoms. The Balaban J connectivity index is 1.87. The van der Waals surface area contributed by atoms with Gasteiger partial charge in [-0.25, -0.2) is 9.98 Å². The molecule has 0 aromatic heterocycles. The molecule has 1 aromatic carbocycles. The molecule has 2 heterocycles. The Morgan fingerprint density at radius 1 is 1.48 bits per heavy atom. The number of nitrogens with two attached hydrogens (primary N) is 1. The molecule has 7 heteroatoms. The van der Waals surface area contributed by atoms with Crippen LogP contribution in [0, 0.1) is 6.92 Å². The summed E-state index contributed by atoms with van der Waals surface area (Å²) in [7, 11) is 0. The minimum Gasteiger partial charge on any atom is -0.493 e. The lowest BCUT2D eigenvalue weighted by Crippen LogP contribution is -2.34. The Bertz CT molecular complexity index is 868. The third kappa shape index (κ3) is 5.03. The summed E-state index contributed by atoms with van der Waals surface area (Å²) in [6, 6.07) is 4.82. The van der Waals surface area contributed by atoms with Gasteiger partial charge in [0.2, 0.25) is 0 Å². The number of aryl methyl sites for hydroxylation is 1. The molecule has 3 N–H and O–H groups in total. The summed E-state index contributed by atoms with van der Waals surface area (Å²) in [5, 5.41) is 4.35. The van der Waals surface area contributed by atoms with Gasteiger partial charge in [0.05, 0.1) is 6.61 Å². The summed E-state index contributed by atoms with van der Waals surface area (Å²) in [4.78, 5) is 12.6. The predicted molar refractivity (Wildman–Crippen MR) is 123 cm³/mol. The van der Waals surface area contributed by atoms with Gasteiger partial charge in [0.1, 0.15) is 11.4 Å². The van der Waals surface area contributed by atoms with Crippen LogP contribution in [0.4, 0.5) is 0 Å². The normalized spacial score (nSPS) is 18.9. The minimum absolute atomic E-state index is 0.466. The summed E-state index contributed by atoms with van der Waals surface area (Å²) in [5.74, 6) is 1.75. The monoisotopic (exact) mass is 413 g/mol. The molecule has 0 fully saturated rings. The second kappa shape index (κ2) is 9.50. The van der Waals surface area contributed by atoms with Crippen LogP contribution in [0.5, 0.6) is 5.75 Å². The van der Waals surface area contributed by atoms with Crippen LogP contribution in [-0.2, 0) is 6.42 Å².